The van der Waals surface area contributed by atoms with Crippen LogP contribution in [0.3, 0.4) is 0 Å². The summed E-state index contributed by atoms with van der Waals surface area (Å²) in [7, 11) is 0. The van der Waals surface area contributed by atoms with Crippen molar-refractivity contribution in [1.82, 2.24) is 15.4 Å². The van der Waals surface area contributed by atoms with E-state index < -0.39 is 0 Å². The Kier molecular flexibility index (Phi) is 5.17. The molecule has 1 saturated heterocycles. The lowest BCUT2D eigenvalue weighted by Crippen LogP contribution is -2.46. The zero-order chi connectivity index (χ0) is 17.1. The molecule has 1 aromatic carbocycles. The van der Waals surface area contributed by atoms with E-state index in [1.807, 2.05) is 24.3 Å². The fraction of sp³-hybridized carbons (Fsp3) is 0.353. The maximum absolute atomic E-state index is 12.4. The summed E-state index contributed by atoms with van der Waals surface area (Å²) in [5, 5.41) is 6.83. The third-order valence-corrected chi connectivity index (χ3v) is 5.02. The van der Waals surface area contributed by atoms with E-state index in [1.54, 1.807) is 17.9 Å². The Morgan fingerprint density at radius 1 is 1.29 bits per heavy atom. The molecule has 1 aliphatic heterocycles. The molecule has 3 rings (SSSR count). The molecule has 0 aliphatic carbocycles. The number of nitrogens with zero attached hydrogens (tertiary/aromatic N) is 2. The van der Waals surface area contributed by atoms with Crippen LogP contribution in [0.2, 0.25) is 0 Å². The molecule has 0 saturated carbocycles. The number of carbonyl (C=O) groups excluding carboxylic acids is 2. The molecule has 1 aliphatic rings. The highest BCUT2D eigenvalue weighted by molar-refractivity contribution is 14.1. The molecule has 2 amide bonds. The van der Waals surface area contributed by atoms with E-state index in [0.717, 1.165) is 16.4 Å². The largest absolute Gasteiger partial charge is 0.361 e. The molecule has 0 unspecified atom stereocenters. The summed E-state index contributed by atoms with van der Waals surface area (Å²) in [5.74, 6) is 0.448. The van der Waals surface area contributed by atoms with Gasteiger partial charge in [0.2, 0.25) is 0 Å². The number of amides is 2. The van der Waals surface area contributed by atoms with Gasteiger partial charge < -0.3 is 14.7 Å². The number of nitrogens with one attached hydrogen (secondary N) is 1. The highest BCUT2D eigenvalue weighted by Gasteiger charge is 2.26. The first-order valence-electron chi connectivity index (χ1n) is 7.82. The Morgan fingerprint density at radius 3 is 2.62 bits per heavy atom. The number of likely N-dealkylation sites (tertiary alicyclic amines) is 1. The molecule has 0 atom stereocenters. The van der Waals surface area contributed by atoms with E-state index in [2.05, 4.69) is 33.1 Å². The van der Waals surface area contributed by atoms with Gasteiger partial charge in [0, 0.05) is 28.8 Å². The SMILES string of the molecule is Cc1cc(C(=O)N2CCC(NC(=O)c3ccccc3I)CC2)no1. The molecule has 0 bridgehead atoms. The molecule has 0 spiro atoms. The summed E-state index contributed by atoms with van der Waals surface area (Å²) in [6.45, 7) is 2.96. The zero-order valence-corrected chi connectivity index (χ0v) is 15.4. The van der Waals surface area contributed by atoms with Crippen LogP contribution in [0.1, 0.15) is 39.4 Å². The molecule has 0 radical (unpaired) electrons. The van der Waals surface area contributed by atoms with Gasteiger partial charge in [-0.05, 0) is 54.5 Å². The van der Waals surface area contributed by atoms with E-state index in [0.29, 0.717) is 30.1 Å². The van der Waals surface area contributed by atoms with Gasteiger partial charge >= 0.3 is 0 Å². The third kappa shape index (κ3) is 3.77. The average molecular weight is 439 g/mol. The Labute approximate surface area is 153 Å². The van der Waals surface area contributed by atoms with Crippen LogP contribution in [0, 0.1) is 10.5 Å². The molecule has 1 N–H and O–H groups in total. The molecular formula is C17H18IN3O3. The van der Waals surface area contributed by atoms with Gasteiger partial charge in [-0.3, -0.25) is 9.59 Å². The van der Waals surface area contributed by atoms with E-state index in [1.165, 1.54) is 0 Å². The maximum Gasteiger partial charge on any atom is 0.276 e. The number of piperidine rings is 1. The van der Waals surface area contributed by atoms with Crippen molar-refractivity contribution in [3.05, 3.63) is 50.9 Å². The van der Waals surface area contributed by atoms with Gasteiger partial charge in [-0.15, -0.1) is 0 Å². The smallest absolute Gasteiger partial charge is 0.276 e. The van der Waals surface area contributed by atoms with Crippen molar-refractivity contribution in [2.24, 2.45) is 0 Å². The van der Waals surface area contributed by atoms with Crippen molar-refractivity contribution < 1.29 is 14.1 Å². The van der Waals surface area contributed by atoms with Crippen molar-refractivity contribution in [1.29, 1.82) is 0 Å². The monoisotopic (exact) mass is 439 g/mol. The topological polar surface area (TPSA) is 75.4 Å². The minimum Gasteiger partial charge on any atom is -0.361 e. The fourth-order valence-electron chi connectivity index (χ4n) is 2.76. The highest BCUT2D eigenvalue weighted by atomic mass is 127. The first-order chi connectivity index (χ1) is 11.5. The van der Waals surface area contributed by atoms with Gasteiger partial charge in [-0.1, -0.05) is 17.3 Å². The number of aromatic nitrogens is 1. The normalized spacial score (nSPS) is 15.3. The van der Waals surface area contributed by atoms with Crippen molar-refractivity contribution in [2.75, 3.05) is 13.1 Å². The standard InChI is InChI=1S/C17H18IN3O3/c1-11-10-15(20-24-11)17(23)21-8-6-12(7-9-21)19-16(22)13-4-2-3-5-14(13)18/h2-5,10,12H,6-9H2,1H3,(H,19,22). The van der Waals surface area contributed by atoms with Gasteiger partial charge in [-0.2, -0.15) is 0 Å². The maximum atomic E-state index is 12.4. The van der Waals surface area contributed by atoms with Crippen LogP contribution in [0.5, 0.6) is 0 Å². The number of carbonyl (C=O) groups is 2. The minimum atomic E-state index is -0.116. The zero-order valence-electron chi connectivity index (χ0n) is 13.3. The predicted molar refractivity (Wildman–Crippen MR) is 96.8 cm³/mol. The van der Waals surface area contributed by atoms with Crippen molar-refractivity contribution in [3.8, 4) is 0 Å². The van der Waals surface area contributed by atoms with Gasteiger partial charge in [0.25, 0.3) is 11.8 Å². The Hall–Kier alpha value is -1.90. The van der Waals surface area contributed by atoms with Gasteiger partial charge in [0.15, 0.2) is 5.69 Å². The number of halogens is 1. The van der Waals surface area contributed by atoms with Crippen molar-refractivity contribution in [2.45, 2.75) is 25.8 Å². The van der Waals surface area contributed by atoms with E-state index in [4.69, 9.17) is 4.52 Å². The van der Waals surface area contributed by atoms with Crippen LogP contribution >= 0.6 is 22.6 Å². The average Bonchev–Trinajstić information content (AvgIpc) is 3.02. The van der Waals surface area contributed by atoms with Crippen LogP contribution in [0.4, 0.5) is 0 Å². The van der Waals surface area contributed by atoms with Crippen LogP contribution in [0.25, 0.3) is 0 Å². The molecule has 7 heteroatoms. The second-order valence-corrected chi connectivity index (χ2v) is 7.00. The Balaban J connectivity index is 1.55. The summed E-state index contributed by atoms with van der Waals surface area (Å²) in [6, 6.07) is 9.23. The van der Waals surface area contributed by atoms with Crippen LogP contribution in [0.15, 0.2) is 34.9 Å². The summed E-state index contributed by atoms with van der Waals surface area (Å²) in [6.07, 6.45) is 1.47. The Morgan fingerprint density at radius 2 is 2.00 bits per heavy atom. The van der Waals surface area contributed by atoms with Gasteiger partial charge in [-0.25, -0.2) is 0 Å². The minimum absolute atomic E-state index is 0.0584. The first-order valence-corrected chi connectivity index (χ1v) is 8.90. The van der Waals surface area contributed by atoms with E-state index in [-0.39, 0.29) is 17.9 Å². The molecule has 1 aromatic heterocycles. The van der Waals surface area contributed by atoms with Crippen LogP contribution in [-0.4, -0.2) is 41.0 Å². The molecule has 2 heterocycles. The first kappa shape index (κ1) is 16.9. The molecule has 6 nitrogen and oxygen atoms in total. The molecular weight excluding hydrogens is 421 g/mol. The van der Waals surface area contributed by atoms with Crippen molar-refractivity contribution in [3.63, 3.8) is 0 Å². The summed E-state index contributed by atoms with van der Waals surface area (Å²) < 4.78 is 5.89. The van der Waals surface area contributed by atoms with Crippen LogP contribution in [-0.2, 0) is 0 Å². The number of hydrogen-bond acceptors (Lipinski definition) is 4. The lowest BCUT2D eigenvalue weighted by molar-refractivity contribution is 0.0688. The van der Waals surface area contributed by atoms with E-state index in [9.17, 15) is 9.59 Å². The number of aryl methyl sites for hydroxylation is 1. The molecule has 2 aromatic rings. The highest BCUT2D eigenvalue weighted by Crippen LogP contribution is 2.16. The van der Waals surface area contributed by atoms with Crippen LogP contribution < -0.4 is 5.32 Å². The second-order valence-electron chi connectivity index (χ2n) is 5.84. The second kappa shape index (κ2) is 7.33. The number of hydrogen-bond donors (Lipinski definition) is 1. The Bertz CT molecular complexity index is 751. The summed E-state index contributed by atoms with van der Waals surface area (Å²) in [5.41, 5.74) is 1.03. The lowest BCUT2D eigenvalue weighted by Gasteiger charge is -2.32. The summed E-state index contributed by atoms with van der Waals surface area (Å²) in [4.78, 5) is 26.4. The molecule has 24 heavy (non-hydrogen) atoms. The van der Waals surface area contributed by atoms with Gasteiger partial charge in [0.1, 0.15) is 5.76 Å². The van der Waals surface area contributed by atoms with Gasteiger partial charge in [0.05, 0.1) is 5.56 Å². The number of benzene rings is 1. The number of rotatable bonds is 3. The van der Waals surface area contributed by atoms with Crippen molar-refractivity contribution >= 4 is 34.4 Å². The fourth-order valence-corrected chi connectivity index (χ4v) is 3.40. The quantitative estimate of drug-likeness (QED) is 0.747. The van der Waals surface area contributed by atoms with E-state index >= 15 is 0 Å². The lowest BCUT2D eigenvalue weighted by atomic mass is 10.0. The predicted octanol–water partition coefficient (Wildman–Crippen LogP) is 2.62. The molecule has 126 valence electrons. The molecule has 1 fully saturated rings. The summed E-state index contributed by atoms with van der Waals surface area (Å²) >= 11 is 2.16. The third-order valence-electron chi connectivity index (χ3n) is 4.08.